The lowest BCUT2D eigenvalue weighted by molar-refractivity contribution is 0.552. The van der Waals surface area contributed by atoms with Crippen molar-refractivity contribution in [3.63, 3.8) is 0 Å². The van der Waals surface area contributed by atoms with E-state index in [0.29, 0.717) is 12.0 Å². The highest BCUT2D eigenvalue weighted by Gasteiger charge is 2.17. The molecule has 18 heavy (non-hydrogen) atoms. The molecule has 3 nitrogen and oxygen atoms in total. The van der Waals surface area contributed by atoms with E-state index in [2.05, 4.69) is 41.7 Å². The summed E-state index contributed by atoms with van der Waals surface area (Å²) in [6.07, 6.45) is 1.71. The summed E-state index contributed by atoms with van der Waals surface area (Å²) in [5, 5.41) is 5.60. The highest BCUT2D eigenvalue weighted by molar-refractivity contribution is 7.10. The number of nitrogens with two attached hydrogens (primary N) is 1. The Hall–Kier alpha value is -1.55. The van der Waals surface area contributed by atoms with Gasteiger partial charge in [0.2, 0.25) is 0 Å². The van der Waals surface area contributed by atoms with Crippen molar-refractivity contribution in [1.29, 1.82) is 0 Å². The SMILES string of the molecule is Cc1cc(NC(c2cccs2)C(C)C)ncc1N. The number of pyridine rings is 1. The van der Waals surface area contributed by atoms with Crippen LogP contribution in [0.25, 0.3) is 0 Å². The molecule has 2 aromatic rings. The van der Waals surface area contributed by atoms with E-state index in [-0.39, 0.29) is 0 Å². The lowest BCUT2D eigenvalue weighted by Crippen LogP contribution is -2.16. The summed E-state index contributed by atoms with van der Waals surface area (Å²) in [6, 6.07) is 6.53. The first kappa shape index (κ1) is 12.9. The minimum Gasteiger partial charge on any atom is -0.397 e. The molecule has 2 aromatic heterocycles. The first-order valence-corrected chi connectivity index (χ1v) is 6.98. The van der Waals surface area contributed by atoms with Gasteiger partial charge in [0.05, 0.1) is 17.9 Å². The summed E-state index contributed by atoms with van der Waals surface area (Å²) in [7, 11) is 0. The molecule has 0 bridgehead atoms. The summed E-state index contributed by atoms with van der Waals surface area (Å²) in [5.41, 5.74) is 7.58. The van der Waals surface area contributed by atoms with Crippen molar-refractivity contribution in [2.75, 3.05) is 11.1 Å². The molecule has 4 heteroatoms. The minimum atomic E-state index is 0.292. The van der Waals surface area contributed by atoms with Gasteiger partial charge in [0.1, 0.15) is 5.82 Å². The van der Waals surface area contributed by atoms with Gasteiger partial charge < -0.3 is 11.1 Å². The molecule has 3 N–H and O–H groups in total. The third-order valence-electron chi connectivity index (χ3n) is 2.97. The van der Waals surface area contributed by atoms with Crippen LogP contribution in [0.2, 0.25) is 0 Å². The second kappa shape index (κ2) is 5.40. The number of nitrogen functional groups attached to an aromatic ring is 1. The molecule has 0 spiro atoms. The lowest BCUT2D eigenvalue weighted by atomic mass is 10.0. The largest absolute Gasteiger partial charge is 0.397 e. The highest BCUT2D eigenvalue weighted by atomic mass is 32.1. The second-order valence-electron chi connectivity index (χ2n) is 4.81. The number of nitrogens with zero attached hydrogens (tertiary/aromatic N) is 1. The summed E-state index contributed by atoms with van der Waals surface area (Å²) in [4.78, 5) is 5.67. The van der Waals surface area contributed by atoms with Crippen molar-refractivity contribution < 1.29 is 0 Å². The molecule has 0 amide bonds. The van der Waals surface area contributed by atoms with E-state index in [9.17, 15) is 0 Å². The molecule has 2 rings (SSSR count). The first-order valence-electron chi connectivity index (χ1n) is 6.10. The van der Waals surface area contributed by atoms with Gasteiger partial charge in [-0.2, -0.15) is 0 Å². The molecule has 0 fully saturated rings. The molecule has 2 heterocycles. The Morgan fingerprint density at radius 1 is 1.39 bits per heavy atom. The van der Waals surface area contributed by atoms with E-state index in [1.807, 2.05) is 13.0 Å². The number of nitrogens with one attached hydrogen (secondary N) is 1. The Morgan fingerprint density at radius 3 is 2.72 bits per heavy atom. The molecule has 0 aromatic carbocycles. The molecule has 1 atom stereocenters. The number of hydrogen-bond acceptors (Lipinski definition) is 4. The zero-order valence-corrected chi connectivity index (χ0v) is 11.8. The van der Waals surface area contributed by atoms with Crippen molar-refractivity contribution in [2.24, 2.45) is 5.92 Å². The van der Waals surface area contributed by atoms with Gasteiger partial charge in [-0.1, -0.05) is 19.9 Å². The Morgan fingerprint density at radius 2 is 2.17 bits per heavy atom. The van der Waals surface area contributed by atoms with Gasteiger partial charge in [-0.15, -0.1) is 11.3 Å². The highest BCUT2D eigenvalue weighted by Crippen LogP contribution is 2.29. The Balaban J connectivity index is 2.21. The lowest BCUT2D eigenvalue weighted by Gasteiger charge is -2.22. The number of anilines is 2. The molecular formula is C14H19N3S. The zero-order valence-electron chi connectivity index (χ0n) is 11.0. The molecule has 0 aliphatic carbocycles. The monoisotopic (exact) mass is 261 g/mol. The second-order valence-corrected chi connectivity index (χ2v) is 5.79. The molecule has 0 saturated carbocycles. The number of thiophene rings is 1. The third kappa shape index (κ3) is 2.82. The summed E-state index contributed by atoms with van der Waals surface area (Å²) < 4.78 is 0. The van der Waals surface area contributed by atoms with Crippen LogP contribution in [-0.4, -0.2) is 4.98 Å². The van der Waals surface area contributed by atoms with Crippen LogP contribution in [-0.2, 0) is 0 Å². The van der Waals surface area contributed by atoms with E-state index < -0.39 is 0 Å². The maximum Gasteiger partial charge on any atom is 0.126 e. The van der Waals surface area contributed by atoms with Gasteiger partial charge in [-0.05, 0) is 35.9 Å². The van der Waals surface area contributed by atoms with Crippen LogP contribution < -0.4 is 11.1 Å². The fraction of sp³-hybridized carbons (Fsp3) is 0.357. The number of hydrogen-bond donors (Lipinski definition) is 2. The predicted molar refractivity (Wildman–Crippen MR) is 78.9 cm³/mol. The molecule has 0 radical (unpaired) electrons. The average Bonchev–Trinajstić information content (AvgIpc) is 2.83. The van der Waals surface area contributed by atoms with Crippen molar-refractivity contribution in [3.8, 4) is 0 Å². The third-order valence-corrected chi connectivity index (χ3v) is 3.93. The predicted octanol–water partition coefficient (Wildman–Crippen LogP) is 3.84. The van der Waals surface area contributed by atoms with Crippen molar-refractivity contribution >= 4 is 22.8 Å². The van der Waals surface area contributed by atoms with Gasteiger partial charge in [0.15, 0.2) is 0 Å². The Labute approximate surface area is 112 Å². The number of aromatic nitrogens is 1. The first-order chi connectivity index (χ1) is 8.58. The van der Waals surface area contributed by atoms with Crippen LogP contribution in [0.15, 0.2) is 29.8 Å². The number of rotatable bonds is 4. The maximum atomic E-state index is 5.79. The molecule has 0 aliphatic heterocycles. The van der Waals surface area contributed by atoms with Crippen LogP contribution in [0.1, 0.15) is 30.3 Å². The fourth-order valence-electron chi connectivity index (χ4n) is 1.84. The van der Waals surface area contributed by atoms with E-state index >= 15 is 0 Å². The number of aryl methyl sites for hydroxylation is 1. The van der Waals surface area contributed by atoms with Crippen LogP contribution in [0.5, 0.6) is 0 Å². The Bertz CT molecular complexity index is 506. The van der Waals surface area contributed by atoms with Crippen LogP contribution >= 0.6 is 11.3 Å². The van der Waals surface area contributed by atoms with Gasteiger partial charge in [-0.3, -0.25) is 0 Å². The van der Waals surface area contributed by atoms with Crippen molar-refractivity contribution in [2.45, 2.75) is 26.8 Å². The minimum absolute atomic E-state index is 0.292. The average molecular weight is 261 g/mol. The van der Waals surface area contributed by atoms with Gasteiger partial charge in [0.25, 0.3) is 0 Å². The van der Waals surface area contributed by atoms with E-state index in [1.54, 1.807) is 17.5 Å². The maximum absolute atomic E-state index is 5.79. The normalized spacial score (nSPS) is 12.7. The molecule has 0 aliphatic rings. The molecule has 0 saturated heterocycles. The van der Waals surface area contributed by atoms with Gasteiger partial charge in [-0.25, -0.2) is 4.98 Å². The standard InChI is InChI=1S/C14H19N3S/c1-9(2)14(12-5-4-6-18-12)17-13-7-10(3)11(15)8-16-13/h4-9,14H,15H2,1-3H3,(H,16,17). The Kier molecular flexibility index (Phi) is 3.87. The summed E-state index contributed by atoms with van der Waals surface area (Å²) >= 11 is 1.77. The summed E-state index contributed by atoms with van der Waals surface area (Å²) in [5.74, 6) is 1.39. The van der Waals surface area contributed by atoms with Crippen LogP contribution in [0.3, 0.4) is 0 Å². The molecular weight excluding hydrogens is 242 g/mol. The van der Waals surface area contributed by atoms with Crippen LogP contribution in [0, 0.1) is 12.8 Å². The van der Waals surface area contributed by atoms with Crippen molar-refractivity contribution in [3.05, 3.63) is 40.2 Å². The van der Waals surface area contributed by atoms with E-state index in [0.717, 1.165) is 17.1 Å². The molecule has 96 valence electrons. The van der Waals surface area contributed by atoms with Crippen LogP contribution in [0.4, 0.5) is 11.5 Å². The quantitative estimate of drug-likeness (QED) is 0.879. The summed E-state index contributed by atoms with van der Waals surface area (Å²) in [6.45, 7) is 6.42. The van der Waals surface area contributed by atoms with Gasteiger partial charge in [0, 0.05) is 4.88 Å². The molecule has 1 unspecified atom stereocenters. The topological polar surface area (TPSA) is 50.9 Å². The van der Waals surface area contributed by atoms with Crippen molar-refractivity contribution in [1.82, 2.24) is 4.98 Å². The zero-order chi connectivity index (χ0) is 13.1. The van der Waals surface area contributed by atoms with Gasteiger partial charge >= 0.3 is 0 Å². The smallest absolute Gasteiger partial charge is 0.126 e. The van der Waals surface area contributed by atoms with E-state index in [4.69, 9.17) is 5.73 Å². The van der Waals surface area contributed by atoms with E-state index in [1.165, 1.54) is 4.88 Å². The fourth-order valence-corrected chi connectivity index (χ4v) is 2.79.